The molecule has 2 aliphatic rings. The molecule has 41 heavy (non-hydrogen) atoms. The molecule has 0 bridgehead atoms. The average Bonchev–Trinajstić information content (AvgIpc) is 3.87. The van der Waals surface area contributed by atoms with Gasteiger partial charge in [0.2, 0.25) is 11.7 Å². The molecular formula is C33H37N3O5. The number of nitrogens with one attached hydrogen (secondary N) is 2. The lowest BCUT2D eigenvalue weighted by Crippen LogP contribution is -2.49. The second-order valence-corrected chi connectivity index (χ2v) is 11.1. The van der Waals surface area contributed by atoms with Crippen molar-refractivity contribution in [2.75, 3.05) is 7.11 Å². The topological polar surface area (TPSA) is 107 Å². The number of benzene rings is 2. The van der Waals surface area contributed by atoms with Crippen molar-refractivity contribution in [1.82, 2.24) is 15.6 Å². The first-order chi connectivity index (χ1) is 19.7. The number of aromatic nitrogens is 1. The van der Waals surface area contributed by atoms with E-state index >= 15 is 0 Å². The Hall–Kier alpha value is -4.20. The molecule has 214 valence electrons. The van der Waals surface area contributed by atoms with E-state index < -0.39 is 17.9 Å². The number of methoxy groups -OCH3 is 1. The fourth-order valence-corrected chi connectivity index (χ4v) is 5.37. The highest BCUT2D eigenvalue weighted by Gasteiger charge is 2.30. The molecule has 5 rings (SSSR count). The summed E-state index contributed by atoms with van der Waals surface area (Å²) in [7, 11) is 1.40. The molecule has 8 nitrogen and oxygen atoms in total. The predicted octanol–water partition coefficient (Wildman–Crippen LogP) is 5.23. The van der Waals surface area contributed by atoms with Crippen molar-refractivity contribution in [3.8, 4) is 11.5 Å². The summed E-state index contributed by atoms with van der Waals surface area (Å²) in [5.41, 5.74) is 4.88. The van der Waals surface area contributed by atoms with Crippen LogP contribution in [0.2, 0.25) is 0 Å². The molecule has 0 radical (unpaired) electrons. The van der Waals surface area contributed by atoms with Gasteiger partial charge >= 0.3 is 5.97 Å². The van der Waals surface area contributed by atoms with E-state index in [4.69, 9.17) is 9.47 Å². The number of pyridine rings is 1. The number of hydrogen-bond donors (Lipinski definition) is 2. The highest BCUT2D eigenvalue weighted by molar-refractivity contribution is 5.99. The van der Waals surface area contributed by atoms with Gasteiger partial charge in [0.05, 0.1) is 7.11 Å². The molecule has 2 saturated carbocycles. The van der Waals surface area contributed by atoms with Crippen LogP contribution in [0.1, 0.15) is 97.0 Å². The van der Waals surface area contributed by atoms with E-state index in [1.165, 1.54) is 74.2 Å². The van der Waals surface area contributed by atoms with Gasteiger partial charge in [0.25, 0.3) is 5.91 Å². The Labute approximate surface area is 240 Å². The van der Waals surface area contributed by atoms with Gasteiger partial charge in [-0.1, -0.05) is 48.5 Å². The van der Waals surface area contributed by atoms with Crippen molar-refractivity contribution in [1.29, 1.82) is 0 Å². The molecule has 8 heteroatoms. The summed E-state index contributed by atoms with van der Waals surface area (Å²) in [6, 6.07) is 17.8. The fraction of sp³-hybridized carbons (Fsp3) is 0.394. The maximum Gasteiger partial charge on any atom is 0.308 e. The molecular weight excluding hydrogens is 518 g/mol. The van der Waals surface area contributed by atoms with E-state index in [1.54, 1.807) is 6.92 Å². The minimum atomic E-state index is -0.876. The Balaban J connectivity index is 1.35. The van der Waals surface area contributed by atoms with E-state index in [9.17, 15) is 14.4 Å². The quantitative estimate of drug-likeness (QED) is 0.314. The van der Waals surface area contributed by atoms with E-state index in [0.29, 0.717) is 11.8 Å². The number of hydrogen-bond acceptors (Lipinski definition) is 6. The number of rotatable bonds is 11. The molecule has 1 aromatic heterocycles. The van der Waals surface area contributed by atoms with Crippen LogP contribution in [0.5, 0.6) is 11.5 Å². The number of carbonyl (C=O) groups excluding carboxylic acids is 3. The van der Waals surface area contributed by atoms with Crippen LogP contribution in [0.3, 0.4) is 0 Å². The van der Waals surface area contributed by atoms with Gasteiger partial charge in [0.15, 0.2) is 11.4 Å². The van der Waals surface area contributed by atoms with Crippen LogP contribution in [0.25, 0.3) is 0 Å². The largest absolute Gasteiger partial charge is 0.493 e. The molecule has 2 fully saturated rings. The van der Waals surface area contributed by atoms with E-state index in [-0.39, 0.29) is 35.1 Å². The lowest BCUT2D eigenvalue weighted by molar-refractivity contribution is -0.132. The van der Waals surface area contributed by atoms with Crippen LogP contribution in [0, 0.1) is 0 Å². The van der Waals surface area contributed by atoms with Gasteiger partial charge in [-0.2, -0.15) is 0 Å². The molecule has 0 aliphatic heterocycles. The smallest absolute Gasteiger partial charge is 0.308 e. The first-order valence-corrected chi connectivity index (χ1v) is 14.3. The van der Waals surface area contributed by atoms with Gasteiger partial charge in [0, 0.05) is 31.1 Å². The van der Waals surface area contributed by atoms with Crippen LogP contribution in [0.4, 0.5) is 0 Å². The maximum atomic E-state index is 13.4. The first-order valence-electron chi connectivity index (χ1n) is 14.3. The summed E-state index contributed by atoms with van der Waals surface area (Å²) in [6.45, 7) is 4.85. The molecule has 0 spiro atoms. The van der Waals surface area contributed by atoms with E-state index in [1.807, 2.05) is 6.92 Å². The molecule has 0 saturated heterocycles. The molecule has 2 aliphatic carbocycles. The summed E-state index contributed by atoms with van der Waals surface area (Å²) >= 11 is 0. The van der Waals surface area contributed by atoms with Crippen LogP contribution in [0.15, 0.2) is 60.8 Å². The van der Waals surface area contributed by atoms with Crippen molar-refractivity contribution in [2.24, 2.45) is 0 Å². The Morgan fingerprint density at radius 3 is 1.98 bits per heavy atom. The lowest BCUT2D eigenvalue weighted by Gasteiger charge is -2.28. The average molecular weight is 556 g/mol. The second kappa shape index (κ2) is 12.1. The molecule has 1 heterocycles. The normalized spacial score (nSPS) is 16.0. The van der Waals surface area contributed by atoms with Crippen molar-refractivity contribution in [2.45, 2.75) is 76.3 Å². The van der Waals surface area contributed by atoms with Gasteiger partial charge in [0.1, 0.15) is 6.04 Å². The predicted molar refractivity (Wildman–Crippen MR) is 155 cm³/mol. The molecule has 2 amide bonds. The third-order valence-electron chi connectivity index (χ3n) is 7.80. The number of esters is 1. The van der Waals surface area contributed by atoms with Gasteiger partial charge in [-0.05, 0) is 73.6 Å². The Kier molecular flexibility index (Phi) is 8.38. The van der Waals surface area contributed by atoms with Crippen LogP contribution in [-0.2, 0) is 9.59 Å². The summed E-state index contributed by atoms with van der Waals surface area (Å²) in [4.78, 5) is 42.2. The zero-order valence-electron chi connectivity index (χ0n) is 24.0. The van der Waals surface area contributed by atoms with Gasteiger partial charge in [-0.25, -0.2) is 4.98 Å². The van der Waals surface area contributed by atoms with Crippen molar-refractivity contribution in [3.63, 3.8) is 0 Å². The second-order valence-electron chi connectivity index (χ2n) is 11.1. The highest BCUT2D eigenvalue weighted by Crippen LogP contribution is 2.43. The minimum Gasteiger partial charge on any atom is -0.493 e. The van der Waals surface area contributed by atoms with E-state index in [2.05, 4.69) is 64.1 Å². The lowest BCUT2D eigenvalue weighted by atomic mass is 9.83. The SMILES string of the molecule is COc1ccnc(C(=O)N[C@@H](C)C(=O)N[C@@H](C)C(c2cccc(C3CC3)c2)c2cccc(C3CC3)c2)c1OC(C)=O. The summed E-state index contributed by atoms with van der Waals surface area (Å²) < 4.78 is 10.4. The van der Waals surface area contributed by atoms with Crippen LogP contribution in [-0.4, -0.2) is 42.0 Å². The summed E-state index contributed by atoms with van der Waals surface area (Å²) in [6.07, 6.45) is 6.25. The fourth-order valence-electron chi connectivity index (χ4n) is 5.37. The molecule has 2 atom stereocenters. The molecule has 2 aromatic carbocycles. The minimum absolute atomic E-state index is 0.0603. The van der Waals surface area contributed by atoms with Crippen molar-refractivity contribution < 1.29 is 23.9 Å². The number of amides is 2. The Bertz CT molecular complexity index is 1390. The van der Waals surface area contributed by atoms with Gasteiger partial charge in [-0.15, -0.1) is 0 Å². The molecule has 2 N–H and O–H groups in total. The first kappa shape index (κ1) is 28.3. The molecule has 0 unspecified atom stereocenters. The third-order valence-corrected chi connectivity index (χ3v) is 7.80. The third kappa shape index (κ3) is 6.76. The van der Waals surface area contributed by atoms with E-state index in [0.717, 1.165) is 0 Å². The zero-order valence-corrected chi connectivity index (χ0v) is 24.0. The molecule has 3 aromatic rings. The van der Waals surface area contributed by atoms with Crippen molar-refractivity contribution >= 4 is 17.8 Å². The summed E-state index contributed by atoms with van der Waals surface area (Å²) in [5, 5.41) is 5.84. The van der Waals surface area contributed by atoms with Gasteiger partial charge in [-0.3, -0.25) is 14.4 Å². The monoisotopic (exact) mass is 555 g/mol. The van der Waals surface area contributed by atoms with Crippen LogP contribution >= 0.6 is 0 Å². The zero-order chi connectivity index (χ0) is 29.1. The van der Waals surface area contributed by atoms with Gasteiger partial charge < -0.3 is 20.1 Å². The highest BCUT2D eigenvalue weighted by atomic mass is 16.6. The maximum absolute atomic E-state index is 13.4. The van der Waals surface area contributed by atoms with Crippen LogP contribution < -0.4 is 20.1 Å². The Morgan fingerprint density at radius 2 is 1.46 bits per heavy atom. The number of carbonyl (C=O) groups is 3. The number of ether oxygens (including phenoxy) is 2. The van der Waals surface area contributed by atoms with Crippen molar-refractivity contribution in [3.05, 3.63) is 88.7 Å². The number of nitrogens with zero attached hydrogens (tertiary/aromatic N) is 1. The Morgan fingerprint density at radius 1 is 0.878 bits per heavy atom. The standard InChI is InChI=1S/C33H37N3O5/c1-19(35-32(38)20(2)36-33(39)30-31(41-21(3)37)28(40-4)15-16-34-30)29(26-9-5-7-24(17-26)22-11-12-22)27-10-6-8-25(18-27)23-13-14-23/h5-10,15-20,22-23,29H,11-14H2,1-4H3,(H,35,38)(H,36,39)/t19-,20-/m0/s1. The summed E-state index contributed by atoms with van der Waals surface area (Å²) in [5.74, 6) is -0.317.